The second-order valence-corrected chi connectivity index (χ2v) is 13.1. The molecule has 3 nitrogen and oxygen atoms in total. The number of allylic oxidation sites excluding steroid dienone is 3. The summed E-state index contributed by atoms with van der Waals surface area (Å²) in [5.41, 5.74) is 4.86. The Morgan fingerprint density at radius 3 is 2.49 bits per heavy atom. The summed E-state index contributed by atoms with van der Waals surface area (Å²) < 4.78 is 0. The van der Waals surface area contributed by atoms with Crippen LogP contribution < -0.4 is 0 Å². The predicted molar refractivity (Wildman–Crippen MR) is 157 cm³/mol. The van der Waals surface area contributed by atoms with E-state index < -0.39 is 0 Å². The van der Waals surface area contributed by atoms with Crippen molar-refractivity contribution in [3.05, 3.63) is 93.5 Å². The van der Waals surface area contributed by atoms with Crippen molar-refractivity contribution in [2.75, 3.05) is 0 Å². The van der Waals surface area contributed by atoms with Gasteiger partial charge in [-0.3, -0.25) is 9.59 Å². The average molecular weight is 541 g/mol. The molecule has 4 aliphatic rings. The zero-order valence-corrected chi connectivity index (χ0v) is 23.6. The van der Waals surface area contributed by atoms with Gasteiger partial charge >= 0.3 is 0 Å². The first-order chi connectivity index (χ1) is 18.7. The van der Waals surface area contributed by atoms with Crippen molar-refractivity contribution >= 4 is 35.3 Å². The molecule has 202 valence electrons. The molecular weight excluding hydrogens is 504 g/mol. The van der Waals surface area contributed by atoms with Crippen molar-refractivity contribution < 1.29 is 14.7 Å². The summed E-state index contributed by atoms with van der Waals surface area (Å²) in [4.78, 5) is 26.2. The van der Waals surface area contributed by atoms with E-state index in [1.807, 2.05) is 30.3 Å². The standard InChI is InChI=1S/C35H37ClO3/c1-34-16-14-28(37)21-26(34)11-12-29-30(34)15-17-35(2)31(29)20-25(33(35)39)18-23-8-6-22(7-9-23)10-13-32(38)24-4-3-5-27(36)19-24/h3-11,13,18-19,28-31,37H,12,14-17,20-21H2,1-2H3/b13-10+,25-18+/t28-,29?,30?,31?,34-,35-/m0/s1. The van der Waals surface area contributed by atoms with E-state index in [0.717, 1.165) is 61.6 Å². The van der Waals surface area contributed by atoms with Crippen LogP contribution in [0, 0.1) is 28.6 Å². The number of ketones is 2. The second kappa shape index (κ2) is 10.0. The van der Waals surface area contributed by atoms with Crippen molar-refractivity contribution in [2.24, 2.45) is 28.6 Å². The molecule has 0 aliphatic heterocycles. The lowest BCUT2D eigenvalue weighted by atomic mass is 9.48. The smallest absolute Gasteiger partial charge is 0.185 e. The monoisotopic (exact) mass is 540 g/mol. The maximum atomic E-state index is 13.8. The predicted octanol–water partition coefficient (Wildman–Crippen LogP) is 8.12. The zero-order valence-electron chi connectivity index (χ0n) is 22.8. The SMILES string of the molecule is C[C@]12CC[C@H](O)CC1=CCC1C2CC[C@]2(C)C(=O)/C(=C/c3ccc(/C=C/C(=O)c4cccc(Cl)c4)cc3)CC12. The molecule has 4 heteroatoms. The van der Waals surface area contributed by atoms with Crippen molar-refractivity contribution in [2.45, 2.75) is 64.9 Å². The van der Waals surface area contributed by atoms with Crippen LogP contribution in [-0.2, 0) is 4.79 Å². The number of halogens is 1. The molecule has 39 heavy (non-hydrogen) atoms. The molecule has 3 saturated carbocycles. The summed E-state index contributed by atoms with van der Waals surface area (Å²) in [5.74, 6) is 1.78. The summed E-state index contributed by atoms with van der Waals surface area (Å²) in [7, 11) is 0. The Morgan fingerprint density at radius 2 is 1.72 bits per heavy atom. The number of aliphatic hydroxyl groups is 1. The fourth-order valence-electron chi connectivity index (χ4n) is 8.26. The van der Waals surface area contributed by atoms with Gasteiger partial charge in [-0.05, 0) is 109 Å². The lowest BCUT2D eigenvalue weighted by molar-refractivity contribution is -0.130. The van der Waals surface area contributed by atoms with Crippen LogP contribution in [0.15, 0.2) is 71.8 Å². The van der Waals surface area contributed by atoms with Crippen LogP contribution in [0.2, 0.25) is 5.02 Å². The van der Waals surface area contributed by atoms with E-state index in [9.17, 15) is 14.7 Å². The number of carbonyl (C=O) groups excluding carboxylic acids is 2. The first-order valence-corrected chi connectivity index (χ1v) is 14.8. The van der Waals surface area contributed by atoms with E-state index in [-0.39, 0.29) is 22.7 Å². The Kier molecular flexibility index (Phi) is 6.80. The molecule has 0 saturated heterocycles. The van der Waals surface area contributed by atoms with E-state index >= 15 is 0 Å². The molecule has 1 N–H and O–H groups in total. The molecule has 6 rings (SSSR count). The van der Waals surface area contributed by atoms with Crippen LogP contribution in [0.4, 0.5) is 0 Å². The largest absolute Gasteiger partial charge is 0.393 e. The number of aliphatic hydroxyl groups excluding tert-OH is 1. The molecule has 4 aliphatic carbocycles. The molecule has 0 spiro atoms. The van der Waals surface area contributed by atoms with Crippen LogP contribution in [-0.4, -0.2) is 22.8 Å². The third-order valence-corrected chi connectivity index (χ3v) is 10.8. The van der Waals surface area contributed by atoms with Gasteiger partial charge in [0, 0.05) is 16.0 Å². The van der Waals surface area contributed by atoms with Gasteiger partial charge < -0.3 is 5.11 Å². The van der Waals surface area contributed by atoms with E-state index in [0.29, 0.717) is 34.1 Å². The molecule has 0 aromatic heterocycles. The van der Waals surface area contributed by atoms with Crippen molar-refractivity contribution in [3.63, 3.8) is 0 Å². The van der Waals surface area contributed by atoms with Crippen molar-refractivity contribution in [1.29, 1.82) is 0 Å². The van der Waals surface area contributed by atoms with Crippen LogP contribution >= 0.6 is 11.6 Å². The summed E-state index contributed by atoms with van der Waals surface area (Å²) in [6, 6.07) is 15.0. The topological polar surface area (TPSA) is 54.4 Å². The minimum Gasteiger partial charge on any atom is -0.393 e. The van der Waals surface area contributed by atoms with Gasteiger partial charge in [0.2, 0.25) is 0 Å². The Labute approximate surface area is 236 Å². The summed E-state index contributed by atoms with van der Waals surface area (Å²) in [5, 5.41) is 10.8. The Balaban J connectivity index is 1.19. The van der Waals surface area contributed by atoms with Gasteiger partial charge in [-0.15, -0.1) is 0 Å². The fourth-order valence-corrected chi connectivity index (χ4v) is 8.45. The number of rotatable bonds is 4. The number of fused-ring (bicyclic) bond motifs is 5. The average Bonchev–Trinajstić information content (AvgIpc) is 3.18. The highest BCUT2D eigenvalue weighted by atomic mass is 35.5. The maximum Gasteiger partial charge on any atom is 0.185 e. The highest BCUT2D eigenvalue weighted by Crippen LogP contribution is 2.64. The lowest BCUT2D eigenvalue weighted by Gasteiger charge is -2.56. The zero-order chi connectivity index (χ0) is 27.4. The quantitative estimate of drug-likeness (QED) is 0.242. The normalized spacial score (nSPS) is 34.9. The maximum absolute atomic E-state index is 13.8. The van der Waals surface area contributed by atoms with E-state index in [2.05, 4.69) is 26.0 Å². The lowest BCUT2D eigenvalue weighted by Crippen LogP contribution is -2.50. The van der Waals surface area contributed by atoms with Crippen LogP contribution in [0.1, 0.15) is 80.3 Å². The van der Waals surface area contributed by atoms with Crippen molar-refractivity contribution in [3.8, 4) is 0 Å². The fraction of sp³-hybridized carbons (Fsp3) is 0.429. The third-order valence-electron chi connectivity index (χ3n) is 10.5. The number of carbonyl (C=O) groups is 2. The summed E-state index contributed by atoms with van der Waals surface area (Å²) in [6.45, 7) is 4.64. The number of hydrogen-bond acceptors (Lipinski definition) is 3. The molecular formula is C35H37ClO3. The first kappa shape index (κ1) is 26.5. The highest BCUT2D eigenvalue weighted by molar-refractivity contribution is 6.31. The van der Waals surface area contributed by atoms with Crippen LogP contribution in [0.5, 0.6) is 0 Å². The molecule has 0 radical (unpaired) electrons. The highest BCUT2D eigenvalue weighted by Gasteiger charge is 2.59. The molecule has 3 unspecified atom stereocenters. The Bertz CT molecular complexity index is 1400. The van der Waals surface area contributed by atoms with Crippen LogP contribution in [0.3, 0.4) is 0 Å². The molecule has 0 bridgehead atoms. The molecule has 0 heterocycles. The minimum atomic E-state index is -0.272. The summed E-state index contributed by atoms with van der Waals surface area (Å²) in [6.07, 6.45) is 14.4. The van der Waals surface area contributed by atoms with Gasteiger partial charge in [-0.25, -0.2) is 0 Å². The minimum absolute atomic E-state index is 0.0858. The van der Waals surface area contributed by atoms with Crippen LogP contribution in [0.25, 0.3) is 12.2 Å². The van der Waals surface area contributed by atoms with Gasteiger partial charge in [0.25, 0.3) is 0 Å². The van der Waals surface area contributed by atoms with Gasteiger partial charge in [0.05, 0.1) is 6.10 Å². The molecule has 2 aromatic carbocycles. The number of benzene rings is 2. The van der Waals surface area contributed by atoms with Gasteiger partial charge in [0.1, 0.15) is 0 Å². The van der Waals surface area contributed by atoms with Gasteiger partial charge in [-0.2, -0.15) is 0 Å². The van der Waals surface area contributed by atoms with Gasteiger partial charge in [0.15, 0.2) is 11.6 Å². The second-order valence-electron chi connectivity index (χ2n) is 12.7. The third kappa shape index (κ3) is 4.68. The molecule has 6 atom stereocenters. The van der Waals surface area contributed by atoms with Gasteiger partial charge in [-0.1, -0.05) is 79.6 Å². The Morgan fingerprint density at radius 1 is 0.974 bits per heavy atom. The van der Waals surface area contributed by atoms with E-state index in [1.165, 1.54) is 5.57 Å². The number of Topliss-reactive ketones (excluding diaryl/α,β-unsaturated/α-hetero) is 1. The molecule has 0 amide bonds. The first-order valence-electron chi connectivity index (χ1n) is 14.4. The van der Waals surface area contributed by atoms with E-state index in [4.69, 9.17) is 11.6 Å². The molecule has 3 fully saturated rings. The Hall–Kier alpha value is -2.75. The van der Waals surface area contributed by atoms with E-state index in [1.54, 1.807) is 30.3 Å². The number of hydrogen-bond donors (Lipinski definition) is 1. The summed E-state index contributed by atoms with van der Waals surface area (Å²) >= 11 is 6.01. The molecule has 2 aromatic rings. The van der Waals surface area contributed by atoms with Crippen molar-refractivity contribution in [1.82, 2.24) is 0 Å².